The molecule has 6 heteroatoms. The minimum absolute atomic E-state index is 0.0356. The van der Waals surface area contributed by atoms with Gasteiger partial charge in [0.15, 0.2) is 0 Å². The summed E-state index contributed by atoms with van der Waals surface area (Å²) < 4.78 is 8.94. The molecule has 5 nitrogen and oxygen atoms in total. The Hall–Kier alpha value is -1.43. The van der Waals surface area contributed by atoms with E-state index < -0.39 is 0 Å². The summed E-state index contributed by atoms with van der Waals surface area (Å²) >= 11 is 1.19. The minimum atomic E-state index is -0.195. The standard InChI is InChI=1S/C12H16N2O3S/c1-2-17-12(16)9-4-3-7-14(8-9)11(15)10-5-6-13-18-10/h5-6,9H,2-4,7-8H2,1H3. The molecule has 0 spiro atoms. The zero-order valence-corrected chi connectivity index (χ0v) is 11.1. The maximum atomic E-state index is 12.1. The molecule has 0 N–H and O–H groups in total. The molecule has 1 aliphatic heterocycles. The second kappa shape index (κ2) is 5.95. The van der Waals surface area contributed by atoms with Crippen LogP contribution in [-0.2, 0) is 9.53 Å². The van der Waals surface area contributed by atoms with Crippen LogP contribution in [0.3, 0.4) is 0 Å². The molecule has 0 saturated carbocycles. The first-order valence-corrected chi connectivity index (χ1v) is 6.86. The fourth-order valence-corrected chi connectivity index (χ4v) is 2.66. The molecule has 0 bridgehead atoms. The second-order valence-electron chi connectivity index (χ2n) is 4.22. The predicted octanol–water partition coefficient (Wildman–Crippen LogP) is 1.56. The van der Waals surface area contributed by atoms with E-state index in [9.17, 15) is 9.59 Å². The van der Waals surface area contributed by atoms with Crippen LogP contribution in [0.15, 0.2) is 12.3 Å². The van der Waals surface area contributed by atoms with Crippen molar-refractivity contribution < 1.29 is 14.3 Å². The summed E-state index contributed by atoms with van der Waals surface area (Å²) in [6, 6.07) is 1.71. The molecule has 0 aliphatic carbocycles. The lowest BCUT2D eigenvalue weighted by Crippen LogP contribution is -2.42. The van der Waals surface area contributed by atoms with Crippen LogP contribution in [0.4, 0.5) is 0 Å². The third-order valence-corrected chi connectivity index (χ3v) is 3.71. The first-order valence-electron chi connectivity index (χ1n) is 6.09. The summed E-state index contributed by atoms with van der Waals surface area (Å²) in [6.07, 6.45) is 3.25. The first-order chi connectivity index (χ1) is 8.72. The van der Waals surface area contributed by atoms with Gasteiger partial charge >= 0.3 is 5.97 Å². The van der Waals surface area contributed by atoms with Gasteiger partial charge in [0.25, 0.3) is 5.91 Å². The molecule has 18 heavy (non-hydrogen) atoms. The lowest BCUT2D eigenvalue weighted by Gasteiger charge is -2.31. The highest BCUT2D eigenvalue weighted by atomic mass is 32.1. The number of esters is 1. The number of rotatable bonds is 3. The summed E-state index contributed by atoms with van der Waals surface area (Å²) in [5.41, 5.74) is 0. The van der Waals surface area contributed by atoms with Gasteiger partial charge in [0.2, 0.25) is 0 Å². The maximum Gasteiger partial charge on any atom is 0.310 e. The van der Waals surface area contributed by atoms with Crippen molar-refractivity contribution in [2.75, 3.05) is 19.7 Å². The van der Waals surface area contributed by atoms with Crippen LogP contribution in [0.1, 0.15) is 29.4 Å². The summed E-state index contributed by atoms with van der Waals surface area (Å²) in [4.78, 5) is 26.2. The van der Waals surface area contributed by atoms with Crippen molar-refractivity contribution >= 4 is 23.4 Å². The highest BCUT2D eigenvalue weighted by molar-refractivity contribution is 7.08. The summed E-state index contributed by atoms with van der Waals surface area (Å²) in [6.45, 7) is 3.33. The molecule has 1 saturated heterocycles. The van der Waals surface area contributed by atoms with E-state index in [1.165, 1.54) is 11.5 Å². The van der Waals surface area contributed by atoms with Crippen molar-refractivity contribution in [1.82, 2.24) is 9.27 Å². The molecule has 0 radical (unpaired) electrons. The average Bonchev–Trinajstić information content (AvgIpc) is 2.92. The average molecular weight is 268 g/mol. The number of ether oxygens (including phenoxy) is 1. The van der Waals surface area contributed by atoms with Gasteiger partial charge < -0.3 is 9.64 Å². The normalized spacial score (nSPS) is 19.6. The molecule has 1 aliphatic rings. The molecule has 98 valence electrons. The number of piperidine rings is 1. The number of aromatic nitrogens is 1. The van der Waals surface area contributed by atoms with E-state index in [4.69, 9.17) is 4.74 Å². The van der Waals surface area contributed by atoms with E-state index in [1.54, 1.807) is 24.1 Å². The van der Waals surface area contributed by atoms with Gasteiger partial charge in [-0.15, -0.1) is 0 Å². The van der Waals surface area contributed by atoms with E-state index in [1.807, 2.05) is 0 Å². The topological polar surface area (TPSA) is 59.5 Å². The fourth-order valence-electron chi connectivity index (χ4n) is 2.10. The molecule has 2 rings (SSSR count). The quantitative estimate of drug-likeness (QED) is 0.781. The number of carbonyl (C=O) groups is 2. The van der Waals surface area contributed by atoms with Crippen LogP contribution in [0.5, 0.6) is 0 Å². The van der Waals surface area contributed by atoms with Crippen molar-refractivity contribution in [3.05, 3.63) is 17.1 Å². The Bertz CT molecular complexity index is 419. The molecular weight excluding hydrogens is 252 g/mol. The zero-order valence-electron chi connectivity index (χ0n) is 10.3. The van der Waals surface area contributed by atoms with Crippen molar-refractivity contribution in [2.24, 2.45) is 5.92 Å². The number of nitrogens with zero attached hydrogens (tertiary/aromatic N) is 2. The monoisotopic (exact) mass is 268 g/mol. The molecule has 1 aromatic rings. The van der Waals surface area contributed by atoms with Gasteiger partial charge in [-0.25, -0.2) is 4.37 Å². The second-order valence-corrected chi connectivity index (χ2v) is 5.05. The van der Waals surface area contributed by atoms with Gasteiger partial charge in [-0.05, 0) is 37.4 Å². The van der Waals surface area contributed by atoms with Crippen LogP contribution in [-0.4, -0.2) is 40.8 Å². The molecule has 1 atom stereocenters. The Morgan fingerprint density at radius 3 is 3.11 bits per heavy atom. The van der Waals surface area contributed by atoms with E-state index in [0.29, 0.717) is 24.6 Å². The van der Waals surface area contributed by atoms with Crippen molar-refractivity contribution in [1.29, 1.82) is 0 Å². The third-order valence-electron chi connectivity index (χ3n) is 2.98. The van der Waals surface area contributed by atoms with Crippen molar-refractivity contribution in [3.63, 3.8) is 0 Å². The molecular formula is C12H16N2O3S. The van der Waals surface area contributed by atoms with Crippen molar-refractivity contribution in [2.45, 2.75) is 19.8 Å². The number of amides is 1. The molecule has 1 aromatic heterocycles. The number of hydrogen-bond donors (Lipinski definition) is 0. The Balaban J connectivity index is 1.98. The summed E-state index contributed by atoms with van der Waals surface area (Å²) in [5, 5.41) is 0. The Morgan fingerprint density at radius 2 is 2.44 bits per heavy atom. The van der Waals surface area contributed by atoms with Crippen LogP contribution >= 0.6 is 11.5 Å². The number of likely N-dealkylation sites (tertiary alicyclic amines) is 1. The van der Waals surface area contributed by atoms with E-state index in [2.05, 4.69) is 4.37 Å². The maximum absolute atomic E-state index is 12.1. The van der Waals surface area contributed by atoms with Crippen LogP contribution in [0.25, 0.3) is 0 Å². The van der Waals surface area contributed by atoms with Gasteiger partial charge in [0.05, 0.1) is 12.5 Å². The smallest absolute Gasteiger partial charge is 0.310 e. The van der Waals surface area contributed by atoms with E-state index in [0.717, 1.165) is 12.8 Å². The number of carbonyl (C=O) groups excluding carboxylic acids is 2. The summed E-state index contributed by atoms with van der Waals surface area (Å²) in [7, 11) is 0. The van der Waals surface area contributed by atoms with Gasteiger partial charge in [-0.3, -0.25) is 9.59 Å². The van der Waals surface area contributed by atoms with Crippen LogP contribution in [0, 0.1) is 5.92 Å². The third kappa shape index (κ3) is 2.87. The predicted molar refractivity (Wildman–Crippen MR) is 67.4 cm³/mol. The summed E-state index contributed by atoms with van der Waals surface area (Å²) in [5.74, 6) is -0.415. The van der Waals surface area contributed by atoms with Crippen LogP contribution < -0.4 is 0 Å². The minimum Gasteiger partial charge on any atom is -0.466 e. The molecule has 1 amide bonds. The SMILES string of the molecule is CCOC(=O)C1CCCN(C(=O)c2ccns2)C1. The van der Waals surface area contributed by atoms with E-state index >= 15 is 0 Å². The van der Waals surface area contributed by atoms with Gasteiger partial charge in [-0.1, -0.05) is 0 Å². The zero-order chi connectivity index (χ0) is 13.0. The lowest BCUT2D eigenvalue weighted by atomic mass is 9.98. The molecule has 1 unspecified atom stereocenters. The van der Waals surface area contributed by atoms with E-state index in [-0.39, 0.29) is 17.8 Å². The first kappa shape index (κ1) is 13.0. The highest BCUT2D eigenvalue weighted by Crippen LogP contribution is 2.20. The van der Waals surface area contributed by atoms with Gasteiger partial charge in [0.1, 0.15) is 4.88 Å². The highest BCUT2D eigenvalue weighted by Gasteiger charge is 2.30. The Morgan fingerprint density at radius 1 is 1.61 bits per heavy atom. The van der Waals surface area contributed by atoms with Crippen LogP contribution in [0.2, 0.25) is 0 Å². The lowest BCUT2D eigenvalue weighted by molar-refractivity contribution is -0.149. The van der Waals surface area contributed by atoms with Crippen molar-refractivity contribution in [3.8, 4) is 0 Å². The molecule has 1 fully saturated rings. The van der Waals surface area contributed by atoms with Gasteiger partial charge in [-0.2, -0.15) is 0 Å². The molecule has 0 aromatic carbocycles. The molecule has 2 heterocycles. The fraction of sp³-hybridized carbons (Fsp3) is 0.583. The Labute approximate surface area is 110 Å². The largest absolute Gasteiger partial charge is 0.466 e. The van der Waals surface area contributed by atoms with Gasteiger partial charge in [0, 0.05) is 19.3 Å². The Kier molecular flexibility index (Phi) is 4.30. The number of hydrogen-bond acceptors (Lipinski definition) is 5.